The van der Waals surface area contributed by atoms with Crippen molar-refractivity contribution in [2.24, 2.45) is 5.92 Å². The van der Waals surface area contributed by atoms with Crippen LogP contribution in [0.4, 0.5) is 0 Å². The van der Waals surface area contributed by atoms with Crippen molar-refractivity contribution in [2.75, 3.05) is 13.7 Å². The summed E-state index contributed by atoms with van der Waals surface area (Å²) >= 11 is 2.24. The molecule has 2 aromatic rings. The number of carbonyl (C=O) groups is 1. The fourth-order valence-corrected chi connectivity index (χ4v) is 10.3. The molecule has 0 bridgehead atoms. The summed E-state index contributed by atoms with van der Waals surface area (Å²) in [5.74, 6) is -0.0129. The minimum absolute atomic E-state index is 0.0449. The molecule has 0 spiro atoms. The van der Waals surface area contributed by atoms with Gasteiger partial charge in [-0.25, -0.2) is 4.79 Å². The Hall–Kier alpha value is -2.00. The number of methoxy groups -OCH3 is 1. The largest absolute Gasteiger partial charge is 0.466 e. The molecule has 3 rings (SSSR count). The van der Waals surface area contributed by atoms with Gasteiger partial charge in [0.2, 0.25) is 0 Å². The molecule has 1 aliphatic heterocycles. The zero-order valence-corrected chi connectivity index (χ0v) is 27.9. The number of benzene rings is 2. The van der Waals surface area contributed by atoms with Crippen LogP contribution in [0.25, 0.3) is 0 Å². The van der Waals surface area contributed by atoms with Gasteiger partial charge < -0.3 is 13.9 Å². The van der Waals surface area contributed by atoms with Crippen LogP contribution in [0.15, 0.2) is 94.6 Å². The molecule has 4 nitrogen and oxygen atoms in total. The minimum Gasteiger partial charge on any atom is -0.466 e. The van der Waals surface area contributed by atoms with Crippen molar-refractivity contribution >= 4 is 47.3 Å². The van der Waals surface area contributed by atoms with Gasteiger partial charge in [0.25, 0.3) is 8.32 Å². The van der Waals surface area contributed by atoms with Crippen molar-refractivity contribution in [1.82, 2.24) is 0 Å². The van der Waals surface area contributed by atoms with Crippen molar-refractivity contribution in [3.05, 3.63) is 94.6 Å². The van der Waals surface area contributed by atoms with Gasteiger partial charge in [0.1, 0.15) is 0 Å². The van der Waals surface area contributed by atoms with Crippen molar-refractivity contribution in [3.63, 3.8) is 0 Å². The Morgan fingerprint density at radius 3 is 2.20 bits per heavy atom. The van der Waals surface area contributed by atoms with E-state index in [4.69, 9.17) is 13.9 Å². The second-order valence-corrected chi connectivity index (χ2v) is 17.5. The third-order valence-corrected chi connectivity index (χ3v) is 13.9. The number of halogens is 1. The molecule has 0 saturated carbocycles. The molecule has 0 amide bonds. The van der Waals surface area contributed by atoms with E-state index >= 15 is 0 Å². The maximum absolute atomic E-state index is 12.5. The predicted octanol–water partition coefficient (Wildman–Crippen LogP) is 7.52. The van der Waals surface area contributed by atoms with Crippen LogP contribution in [0, 0.1) is 5.92 Å². The Morgan fingerprint density at radius 2 is 1.70 bits per heavy atom. The highest BCUT2D eigenvalue weighted by atomic mass is 127. The van der Waals surface area contributed by atoms with Crippen LogP contribution in [0.2, 0.25) is 5.04 Å². The van der Waals surface area contributed by atoms with Crippen molar-refractivity contribution in [1.29, 1.82) is 0 Å². The van der Waals surface area contributed by atoms with E-state index in [0.29, 0.717) is 18.6 Å². The van der Waals surface area contributed by atoms with Crippen molar-refractivity contribution in [2.45, 2.75) is 77.0 Å². The number of allylic oxidation sites excluding steroid dienone is 2. The lowest BCUT2D eigenvalue weighted by Crippen LogP contribution is -2.66. The van der Waals surface area contributed by atoms with Gasteiger partial charge in [-0.2, -0.15) is 0 Å². The minimum atomic E-state index is -2.54. The van der Waals surface area contributed by atoms with E-state index in [9.17, 15) is 4.79 Å². The maximum atomic E-state index is 12.5. The molecule has 0 aromatic heterocycles. The molecule has 3 atom stereocenters. The average Bonchev–Trinajstić information content (AvgIpc) is 3.29. The summed E-state index contributed by atoms with van der Waals surface area (Å²) in [6.45, 7) is 18.0. The summed E-state index contributed by atoms with van der Waals surface area (Å²) in [4.78, 5) is 12.5. The molecule has 216 valence electrons. The lowest BCUT2D eigenvalue weighted by molar-refractivity contribution is -0.136. The van der Waals surface area contributed by atoms with Gasteiger partial charge in [-0.05, 0) is 78.8 Å². The van der Waals surface area contributed by atoms with Crippen LogP contribution in [-0.2, 0) is 18.7 Å². The zero-order chi connectivity index (χ0) is 29.3. The lowest BCUT2D eigenvalue weighted by Gasteiger charge is -2.43. The Morgan fingerprint density at radius 1 is 1.12 bits per heavy atom. The van der Waals surface area contributed by atoms with Crippen molar-refractivity contribution in [3.8, 4) is 0 Å². The van der Waals surface area contributed by atoms with Crippen molar-refractivity contribution < 1.29 is 18.7 Å². The molecule has 1 fully saturated rings. The van der Waals surface area contributed by atoms with Crippen LogP contribution in [0.5, 0.6) is 0 Å². The molecular formula is C34H45IO4Si. The summed E-state index contributed by atoms with van der Waals surface area (Å²) in [7, 11) is -1.12. The Kier molecular flexibility index (Phi) is 12.0. The summed E-state index contributed by atoms with van der Waals surface area (Å²) in [5.41, 5.74) is 1.69. The van der Waals surface area contributed by atoms with Gasteiger partial charge in [-0.3, -0.25) is 0 Å². The first-order valence-corrected chi connectivity index (χ1v) is 17.2. The van der Waals surface area contributed by atoms with Gasteiger partial charge in [-0.15, -0.1) is 0 Å². The van der Waals surface area contributed by atoms with E-state index in [1.54, 1.807) is 0 Å². The summed E-state index contributed by atoms with van der Waals surface area (Å²) in [6, 6.07) is 21.5. The van der Waals surface area contributed by atoms with E-state index < -0.39 is 8.32 Å². The van der Waals surface area contributed by atoms with E-state index in [1.807, 2.05) is 6.08 Å². The third kappa shape index (κ3) is 8.05. The predicted molar refractivity (Wildman–Crippen MR) is 177 cm³/mol. The topological polar surface area (TPSA) is 44.8 Å². The number of ether oxygens (including phenoxy) is 2. The highest BCUT2D eigenvalue weighted by Gasteiger charge is 2.50. The van der Waals surface area contributed by atoms with Crippen LogP contribution in [0.3, 0.4) is 0 Å². The summed E-state index contributed by atoms with van der Waals surface area (Å²) in [6.07, 6.45) is 5.69. The number of rotatable bonds is 13. The molecule has 40 heavy (non-hydrogen) atoms. The number of carbonyl (C=O) groups excluding carboxylic acids is 1. The quantitative estimate of drug-likeness (QED) is 0.0552. The molecule has 1 aliphatic rings. The number of esters is 1. The van der Waals surface area contributed by atoms with Crippen LogP contribution in [-0.4, -0.2) is 40.2 Å². The molecule has 0 aliphatic carbocycles. The highest BCUT2D eigenvalue weighted by molar-refractivity contribution is 14.1. The Labute approximate surface area is 256 Å². The van der Waals surface area contributed by atoms with Gasteiger partial charge >= 0.3 is 5.97 Å². The molecule has 2 aromatic carbocycles. The first kappa shape index (κ1) is 32.5. The fourth-order valence-electron chi connectivity index (χ4n) is 5.49. The van der Waals surface area contributed by atoms with Gasteiger partial charge in [0.15, 0.2) is 0 Å². The SMILES string of the molecule is C=C(I)[C@H](C)C/C=C(/C[C@@H]1O[C@@H](CCCO[Si](c2ccccc2)(c2ccccc2)C(C)(C)C)CC1=C)C(=O)OC. The van der Waals surface area contributed by atoms with E-state index in [2.05, 4.69) is 124 Å². The molecular weight excluding hydrogens is 627 g/mol. The Balaban J connectivity index is 1.66. The lowest BCUT2D eigenvalue weighted by atomic mass is 9.98. The second-order valence-electron chi connectivity index (χ2n) is 11.8. The molecule has 0 N–H and O–H groups in total. The first-order chi connectivity index (χ1) is 19.0. The fraction of sp³-hybridized carbons (Fsp3) is 0.441. The third-order valence-electron chi connectivity index (χ3n) is 7.81. The van der Waals surface area contributed by atoms with E-state index in [-0.39, 0.29) is 29.1 Å². The summed E-state index contributed by atoms with van der Waals surface area (Å²) < 4.78 is 19.6. The maximum Gasteiger partial charge on any atom is 0.333 e. The number of hydrogen-bond donors (Lipinski definition) is 0. The average molecular weight is 673 g/mol. The highest BCUT2D eigenvalue weighted by Crippen LogP contribution is 2.37. The van der Waals surface area contributed by atoms with Gasteiger partial charge in [-0.1, -0.05) is 108 Å². The van der Waals surface area contributed by atoms with Gasteiger partial charge in [0, 0.05) is 18.6 Å². The van der Waals surface area contributed by atoms with Crippen LogP contribution < -0.4 is 10.4 Å². The normalized spacial score (nSPS) is 18.9. The zero-order valence-electron chi connectivity index (χ0n) is 24.8. The standard InChI is InChI=1S/C34H45IO4Si/c1-25(27(3)35)20-21-28(33(36)37-7)24-32-26(2)23-29(39-32)15-14-22-38-40(34(4,5)6,30-16-10-8-11-17-30)31-18-12-9-13-19-31/h8-13,16-19,21,25,29,32H,2-3,14-15,20,22-24H2,1,4-7H3/b28-21-/t25-,29+,32+/m1/s1. The van der Waals surface area contributed by atoms with Crippen LogP contribution >= 0.6 is 22.6 Å². The van der Waals surface area contributed by atoms with Gasteiger partial charge in [0.05, 0.1) is 19.3 Å². The number of hydrogen-bond acceptors (Lipinski definition) is 4. The second kappa shape index (κ2) is 14.8. The molecule has 6 heteroatoms. The molecule has 0 radical (unpaired) electrons. The summed E-state index contributed by atoms with van der Waals surface area (Å²) in [5, 5.41) is 2.54. The first-order valence-electron chi connectivity index (χ1n) is 14.2. The Bertz CT molecular complexity index is 1130. The molecule has 1 saturated heterocycles. The molecule has 0 unspecified atom stereocenters. The smallest absolute Gasteiger partial charge is 0.333 e. The van der Waals surface area contributed by atoms with E-state index in [0.717, 1.165) is 34.8 Å². The van der Waals surface area contributed by atoms with Crippen LogP contribution in [0.1, 0.15) is 59.8 Å². The monoisotopic (exact) mass is 672 g/mol. The van der Waals surface area contributed by atoms with E-state index in [1.165, 1.54) is 17.5 Å². The molecule has 1 heterocycles.